The second-order valence-electron chi connectivity index (χ2n) is 6.92. The van der Waals surface area contributed by atoms with E-state index in [0.717, 1.165) is 22.5 Å². The van der Waals surface area contributed by atoms with E-state index in [0.29, 0.717) is 0 Å². The van der Waals surface area contributed by atoms with Crippen molar-refractivity contribution in [3.05, 3.63) is 71.5 Å². The molecule has 8 nitrogen and oxygen atoms in total. The summed E-state index contributed by atoms with van der Waals surface area (Å²) in [6.07, 6.45) is 1.56. The van der Waals surface area contributed by atoms with Crippen LogP contribution < -0.4 is 14.9 Å². The molecule has 32 heavy (non-hydrogen) atoms. The van der Waals surface area contributed by atoms with Crippen LogP contribution in [0.15, 0.2) is 60.0 Å². The summed E-state index contributed by atoms with van der Waals surface area (Å²) in [6, 6.07) is 7.57. The van der Waals surface area contributed by atoms with Crippen LogP contribution in [0.3, 0.4) is 0 Å². The minimum Gasteiger partial charge on any atom is -0.340 e. The molecule has 1 aliphatic heterocycles. The summed E-state index contributed by atoms with van der Waals surface area (Å²) in [4.78, 5) is 35.5. The van der Waals surface area contributed by atoms with Crippen LogP contribution in [-0.2, 0) is 19.6 Å². The molecule has 1 unspecified atom stereocenters. The number of piperidine rings is 1. The Morgan fingerprint density at radius 3 is 2.56 bits per heavy atom. The molecule has 0 spiro atoms. The Morgan fingerprint density at radius 1 is 1.25 bits per heavy atom. The van der Waals surface area contributed by atoms with E-state index < -0.39 is 39.6 Å². The number of halogens is 2. The molecule has 0 radical (unpaired) electrons. The van der Waals surface area contributed by atoms with Gasteiger partial charge in [0.05, 0.1) is 17.3 Å². The quantitative estimate of drug-likeness (QED) is 0.467. The molecule has 168 valence electrons. The zero-order chi connectivity index (χ0) is 23.5. The van der Waals surface area contributed by atoms with Gasteiger partial charge in [-0.3, -0.25) is 24.0 Å². The molecule has 11 heteroatoms. The Kier molecular flexibility index (Phi) is 6.95. The summed E-state index contributed by atoms with van der Waals surface area (Å²) in [5.74, 6) is -2.30. The fourth-order valence-corrected chi connectivity index (χ4v) is 5.04. The van der Waals surface area contributed by atoms with Crippen molar-refractivity contribution in [3.63, 3.8) is 0 Å². The maximum absolute atomic E-state index is 13.3. The van der Waals surface area contributed by atoms with Gasteiger partial charge in [0.2, 0.25) is 11.8 Å². The van der Waals surface area contributed by atoms with Crippen molar-refractivity contribution in [2.45, 2.75) is 23.8 Å². The molecule has 1 saturated heterocycles. The molecule has 1 atom stereocenters. The van der Waals surface area contributed by atoms with Crippen molar-refractivity contribution in [2.24, 2.45) is 0 Å². The van der Waals surface area contributed by atoms with Gasteiger partial charge in [0.15, 0.2) is 0 Å². The first kappa shape index (κ1) is 23.4. The first-order valence-corrected chi connectivity index (χ1v) is 11.3. The average molecular weight is 480 g/mol. The number of benzene rings is 2. The summed E-state index contributed by atoms with van der Waals surface area (Å²) < 4.78 is 41.0. The highest BCUT2D eigenvalue weighted by atomic mass is 35.5. The maximum atomic E-state index is 13.3. The molecule has 0 aliphatic carbocycles. The van der Waals surface area contributed by atoms with Gasteiger partial charge in [0.1, 0.15) is 16.8 Å². The molecule has 3 amide bonds. The van der Waals surface area contributed by atoms with E-state index in [1.54, 1.807) is 0 Å². The van der Waals surface area contributed by atoms with Crippen LogP contribution in [0.1, 0.15) is 23.2 Å². The van der Waals surface area contributed by atoms with Crippen LogP contribution >= 0.6 is 11.6 Å². The lowest BCUT2D eigenvalue weighted by Crippen LogP contribution is -2.52. The molecule has 1 fully saturated rings. The summed E-state index contributed by atoms with van der Waals surface area (Å²) in [5, 5.41) is 4.49. The van der Waals surface area contributed by atoms with Gasteiger partial charge in [-0.25, -0.2) is 12.8 Å². The predicted molar refractivity (Wildman–Crippen MR) is 116 cm³/mol. The largest absolute Gasteiger partial charge is 0.340 e. The summed E-state index contributed by atoms with van der Waals surface area (Å²) in [5.41, 5.74) is 0.135. The third-order valence-electron chi connectivity index (χ3n) is 4.72. The van der Waals surface area contributed by atoms with Crippen molar-refractivity contribution in [1.82, 2.24) is 10.6 Å². The van der Waals surface area contributed by atoms with Crippen molar-refractivity contribution < 1.29 is 27.2 Å². The van der Waals surface area contributed by atoms with Gasteiger partial charge in [-0.05, 0) is 48.9 Å². The highest BCUT2D eigenvalue weighted by Crippen LogP contribution is 2.29. The van der Waals surface area contributed by atoms with Gasteiger partial charge in [-0.15, -0.1) is 6.58 Å². The molecular weight excluding hydrogens is 461 g/mol. The number of nitrogens with one attached hydrogen (secondary N) is 2. The summed E-state index contributed by atoms with van der Waals surface area (Å²) in [6.45, 7) is 3.43. The maximum Gasteiger partial charge on any atom is 0.266 e. The molecule has 2 aromatic rings. The zero-order valence-corrected chi connectivity index (χ0v) is 18.2. The van der Waals surface area contributed by atoms with E-state index in [1.807, 2.05) is 0 Å². The molecule has 0 bridgehead atoms. The first-order valence-electron chi connectivity index (χ1n) is 9.47. The number of carbonyl (C=O) groups excluding carboxylic acids is 3. The minimum absolute atomic E-state index is 0.0460. The number of anilines is 1. The lowest BCUT2D eigenvalue weighted by atomic mass is 10.1. The Bertz CT molecular complexity index is 1180. The second kappa shape index (κ2) is 9.49. The van der Waals surface area contributed by atoms with Gasteiger partial charge < -0.3 is 5.32 Å². The molecule has 1 aliphatic rings. The topological polar surface area (TPSA) is 113 Å². The van der Waals surface area contributed by atoms with Gasteiger partial charge >= 0.3 is 0 Å². The number of nitrogens with zero attached hydrogens (tertiary/aromatic N) is 1. The lowest BCUT2D eigenvalue weighted by molar-refractivity contribution is -0.134. The first-order chi connectivity index (χ1) is 15.1. The number of imide groups is 1. The molecule has 2 aromatic carbocycles. The van der Waals surface area contributed by atoms with Gasteiger partial charge in [-0.2, -0.15) is 0 Å². The number of hydrogen-bond acceptors (Lipinski definition) is 5. The third kappa shape index (κ3) is 4.97. The normalized spacial score (nSPS) is 16.2. The zero-order valence-electron chi connectivity index (χ0n) is 16.7. The highest BCUT2D eigenvalue weighted by molar-refractivity contribution is 7.93. The second-order valence-corrected chi connectivity index (χ2v) is 9.16. The Morgan fingerprint density at radius 2 is 1.94 bits per heavy atom. The molecule has 3 rings (SSSR count). The number of amides is 3. The van der Waals surface area contributed by atoms with Crippen LogP contribution in [0.2, 0.25) is 5.02 Å². The van der Waals surface area contributed by atoms with Crippen LogP contribution in [0.25, 0.3) is 0 Å². The van der Waals surface area contributed by atoms with E-state index in [1.165, 1.54) is 30.3 Å². The molecule has 2 N–H and O–H groups in total. The van der Waals surface area contributed by atoms with Crippen molar-refractivity contribution in [2.75, 3.05) is 10.8 Å². The van der Waals surface area contributed by atoms with Crippen molar-refractivity contribution in [1.29, 1.82) is 0 Å². The SMILES string of the molecule is C=CCN(c1ccc(F)cc1)S(=O)(=O)c1cc(C(=O)NC2CCC(=O)NC2=O)ccc1Cl. The van der Waals surface area contributed by atoms with Crippen molar-refractivity contribution in [3.8, 4) is 0 Å². The van der Waals surface area contributed by atoms with E-state index >= 15 is 0 Å². The molecule has 0 aromatic heterocycles. The van der Waals surface area contributed by atoms with Crippen LogP contribution in [0.4, 0.5) is 10.1 Å². The van der Waals surface area contributed by atoms with E-state index in [9.17, 15) is 27.2 Å². The fourth-order valence-electron chi connectivity index (χ4n) is 3.10. The van der Waals surface area contributed by atoms with Gasteiger partial charge in [0, 0.05) is 12.0 Å². The van der Waals surface area contributed by atoms with Crippen LogP contribution in [-0.4, -0.2) is 38.7 Å². The predicted octanol–water partition coefficient (Wildman–Crippen LogP) is 2.40. The Hall–Kier alpha value is -3.24. The van der Waals surface area contributed by atoms with E-state index in [4.69, 9.17) is 11.6 Å². The Labute approximate surface area is 189 Å². The Balaban J connectivity index is 1.93. The van der Waals surface area contributed by atoms with Crippen LogP contribution in [0, 0.1) is 5.82 Å². The fraction of sp³-hybridized carbons (Fsp3) is 0.190. The summed E-state index contributed by atoms with van der Waals surface area (Å²) >= 11 is 6.15. The lowest BCUT2D eigenvalue weighted by Gasteiger charge is -2.24. The van der Waals surface area contributed by atoms with Crippen LogP contribution in [0.5, 0.6) is 0 Å². The third-order valence-corrected chi connectivity index (χ3v) is 6.99. The van der Waals surface area contributed by atoms with E-state index in [2.05, 4.69) is 17.2 Å². The highest BCUT2D eigenvalue weighted by Gasteiger charge is 2.30. The number of rotatable bonds is 7. The standard InChI is InChI=1S/C21H19ClFN3O5S/c1-2-11-26(15-6-4-14(23)5-7-15)32(30,31)18-12-13(3-8-16(18)22)20(28)24-17-9-10-19(27)25-21(17)29/h2-8,12,17H,1,9-11H2,(H,24,28)(H,25,27,29). The van der Waals surface area contributed by atoms with Gasteiger partial charge in [0.25, 0.3) is 15.9 Å². The molecular formula is C21H19ClFN3O5S. The number of hydrogen-bond donors (Lipinski definition) is 2. The smallest absolute Gasteiger partial charge is 0.266 e. The monoisotopic (exact) mass is 479 g/mol. The van der Waals surface area contributed by atoms with E-state index in [-0.39, 0.29) is 40.6 Å². The minimum atomic E-state index is -4.26. The molecule has 1 heterocycles. The number of carbonyl (C=O) groups is 3. The summed E-state index contributed by atoms with van der Waals surface area (Å²) in [7, 11) is -4.26. The van der Waals surface area contributed by atoms with Crippen molar-refractivity contribution >= 4 is 45.0 Å². The number of sulfonamides is 1. The molecule has 0 saturated carbocycles. The van der Waals surface area contributed by atoms with Gasteiger partial charge in [-0.1, -0.05) is 17.7 Å². The average Bonchev–Trinajstić information content (AvgIpc) is 2.75.